The summed E-state index contributed by atoms with van der Waals surface area (Å²) in [4.78, 5) is 49.0. The molecule has 0 saturated carbocycles. The van der Waals surface area contributed by atoms with Crippen molar-refractivity contribution in [2.75, 3.05) is 66.1 Å². The van der Waals surface area contributed by atoms with E-state index in [0.717, 1.165) is 13.1 Å². The van der Waals surface area contributed by atoms with Gasteiger partial charge in [0.1, 0.15) is 11.6 Å². The van der Waals surface area contributed by atoms with E-state index in [1.807, 2.05) is 6.92 Å². The Bertz CT molecular complexity index is 923. The Hall–Kier alpha value is -2.27. The van der Waals surface area contributed by atoms with Crippen LogP contribution in [-0.4, -0.2) is 132 Å². The molecule has 0 aromatic heterocycles. The van der Waals surface area contributed by atoms with Crippen LogP contribution in [0.25, 0.3) is 0 Å². The molecule has 2 unspecified atom stereocenters. The number of nitrogens with zero attached hydrogens (tertiary/aromatic N) is 4. The van der Waals surface area contributed by atoms with Crippen molar-refractivity contribution in [3.8, 4) is 0 Å². The van der Waals surface area contributed by atoms with E-state index in [2.05, 4.69) is 18.1 Å². The largest absolute Gasteiger partial charge is 0.394 e. The van der Waals surface area contributed by atoms with Crippen molar-refractivity contribution >= 4 is 17.7 Å². The maximum Gasteiger partial charge on any atom is 0.248 e. The molecule has 0 aromatic rings. The number of aliphatic hydroxyl groups excluding tert-OH is 1. The maximum atomic E-state index is 14.3. The van der Waals surface area contributed by atoms with Gasteiger partial charge in [-0.15, -0.1) is 13.2 Å². The highest BCUT2D eigenvalue weighted by atomic mass is 16.5. The second-order valence-corrected chi connectivity index (χ2v) is 11.0. The second-order valence-electron chi connectivity index (χ2n) is 11.0. The van der Waals surface area contributed by atoms with E-state index in [9.17, 15) is 19.5 Å². The molecule has 4 heterocycles. The molecule has 2 bridgehead atoms. The van der Waals surface area contributed by atoms with Gasteiger partial charge in [0.15, 0.2) is 0 Å². The maximum absolute atomic E-state index is 14.3. The smallest absolute Gasteiger partial charge is 0.248 e. The Balaban J connectivity index is 1.68. The van der Waals surface area contributed by atoms with Crippen molar-refractivity contribution < 1.29 is 29.0 Å². The van der Waals surface area contributed by atoms with E-state index in [4.69, 9.17) is 9.47 Å². The number of likely N-dealkylation sites (N-methyl/N-ethyl adjacent to an activating group) is 1. The molecule has 4 aliphatic rings. The van der Waals surface area contributed by atoms with Gasteiger partial charge in [0.25, 0.3) is 0 Å². The van der Waals surface area contributed by atoms with Gasteiger partial charge in [-0.05, 0) is 26.7 Å². The SMILES string of the molecule is C=CCN(C)C(=O)[C@H]1[C@H]2C(=O)N([C@H](C)CO)C(C(=O)N(CC=C)CCN3CCOCC3)C23CC[C@]1(C)O3. The lowest BCUT2D eigenvalue weighted by atomic mass is 9.66. The standard InChI is InChI=1S/C27H42N4O6/c1-6-10-28(5)23(33)20-21-24(34)31(19(3)18-32)22(27(21)9-8-26(20,4)37-27)25(35)30(11-7-2)13-12-29-14-16-36-17-15-29/h6-7,19-22,32H,1-2,8-18H2,3-5H3/t19-,20-,21+,22?,26+,27?/m1/s1. The van der Waals surface area contributed by atoms with Crippen LogP contribution in [0.4, 0.5) is 0 Å². The number of rotatable bonds is 11. The number of carbonyl (C=O) groups excluding carboxylic acids is 3. The highest BCUT2D eigenvalue weighted by Crippen LogP contribution is 2.63. The number of hydrogen-bond donors (Lipinski definition) is 1. The first-order chi connectivity index (χ1) is 17.6. The van der Waals surface area contributed by atoms with Gasteiger partial charge in [0.2, 0.25) is 17.7 Å². The molecule has 10 heteroatoms. The van der Waals surface area contributed by atoms with Crippen LogP contribution in [-0.2, 0) is 23.9 Å². The van der Waals surface area contributed by atoms with E-state index in [1.54, 1.807) is 35.9 Å². The van der Waals surface area contributed by atoms with Crippen LogP contribution in [0, 0.1) is 11.8 Å². The minimum atomic E-state index is -1.11. The molecular weight excluding hydrogens is 476 g/mol. The van der Waals surface area contributed by atoms with Crippen LogP contribution in [0.1, 0.15) is 26.7 Å². The summed E-state index contributed by atoms with van der Waals surface area (Å²) in [6.07, 6.45) is 4.42. The molecule has 0 aliphatic carbocycles. The van der Waals surface area contributed by atoms with Gasteiger partial charge in [-0.1, -0.05) is 12.2 Å². The van der Waals surface area contributed by atoms with Crippen molar-refractivity contribution in [2.24, 2.45) is 11.8 Å². The van der Waals surface area contributed by atoms with Crippen LogP contribution >= 0.6 is 0 Å². The third kappa shape index (κ3) is 4.62. The van der Waals surface area contributed by atoms with Gasteiger partial charge in [-0.25, -0.2) is 0 Å². The summed E-state index contributed by atoms with van der Waals surface area (Å²) in [7, 11) is 1.69. The summed E-state index contributed by atoms with van der Waals surface area (Å²) in [5.74, 6) is -2.17. The summed E-state index contributed by atoms with van der Waals surface area (Å²) >= 11 is 0. The van der Waals surface area contributed by atoms with E-state index < -0.39 is 35.1 Å². The first kappa shape index (κ1) is 27.8. The molecule has 1 spiro atoms. The van der Waals surface area contributed by atoms with Crippen molar-refractivity contribution in [2.45, 2.75) is 50.0 Å². The Morgan fingerprint density at radius 3 is 2.49 bits per heavy atom. The molecule has 4 fully saturated rings. The summed E-state index contributed by atoms with van der Waals surface area (Å²) in [6.45, 7) is 15.7. The monoisotopic (exact) mass is 518 g/mol. The van der Waals surface area contributed by atoms with Gasteiger partial charge in [-0.2, -0.15) is 0 Å². The number of hydrogen-bond acceptors (Lipinski definition) is 7. The van der Waals surface area contributed by atoms with Crippen LogP contribution < -0.4 is 0 Å². The third-order valence-corrected chi connectivity index (χ3v) is 8.68. The number of morpholine rings is 1. The molecule has 4 rings (SSSR count). The van der Waals surface area contributed by atoms with Crippen molar-refractivity contribution in [1.29, 1.82) is 0 Å². The first-order valence-electron chi connectivity index (χ1n) is 13.3. The van der Waals surface area contributed by atoms with Gasteiger partial charge >= 0.3 is 0 Å². The highest BCUT2D eigenvalue weighted by molar-refractivity contribution is 5.99. The predicted molar refractivity (Wildman–Crippen MR) is 137 cm³/mol. The summed E-state index contributed by atoms with van der Waals surface area (Å²) in [5, 5.41) is 10.1. The van der Waals surface area contributed by atoms with Gasteiger partial charge in [0.05, 0.1) is 43.3 Å². The molecule has 1 N–H and O–H groups in total. The highest BCUT2D eigenvalue weighted by Gasteiger charge is 2.78. The minimum Gasteiger partial charge on any atom is -0.394 e. The number of carbonyl (C=O) groups is 3. The minimum absolute atomic E-state index is 0.178. The van der Waals surface area contributed by atoms with E-state index in [-0.39, 0.29) is 24.3 Å². The Morgan fingerprint density at radius 1 is 1.19 bits per heavy atom. The molecule has 206 valence electrons. The summed E-state index contributed by atoms with van der Waals surface area (Å²) in [5.41, 5.74) is -1.95. The number of amides is 3. The Labute approximate surface area is 219 Å². The predicted octanol–water partition coefficient (Wildman–Crippen LogP) is 0.123. The third-order valence-electron chi connectivity index (χ3n) is 8.68. The lowest BCUT2D eigenvalue weighted by Gasteiger charge is -2.39. The van der Waals surface area contributed by atoms with Crippen molar-refractivity contribution in [3.63, 3.8) is 0 Å². The number of ether oxygens (including phenoxy) is 2. The second kappa shape index (κ2) is 10.8. The molecule has 0 aromatic carbocycles. The lowest BCUT2D eigenvalue weighted by molar-refractivity contribution is -0.155. The van der Waals surface area contributed by atoms with Gasteiger partial charge < -0.3 is 29.3 Å². The van der Waals surface area contributed by atoms with Crippen LogP contribution in [0.15, 0.2) is 25.3 Å². The quantitative estimate of drug-likeness (QED) is 0.388. The Morgan fingerprint density at radius 2 is 1.86 bits per heavy atom. The Kier molecular flexibility index (Phi) is 8.13. The fourth-order valence-electron chi connectivity index (χ4n) is 6.81. The molecule has 3 amide bonds. The molecule has 37 heavy (non-hydrogen) atoms. The van der Waals surface area contributed by atoms with E-state index in [1.165, 1.54) is 4.90 Å². The number of fused-ring (bicyclic) bond motifs is 1. The average Bonchev–Trinajstić information content (AvgIpc) is 3.46. The van der Waals surface area contributed by atoms with Crippen molar-refractivity contribution in [1.82, 2.24) is 19.6 Å². The normalized spacial score (nSPS) is 33.8. The molecule has 4 saturated heterocycles. The van der Waals surface area contributed by atoms with Gasteiger partial charge in [0, 0.05) is 46.3 Å². The lowest BCUT2D eigenvalue weighted by Crippen LogP contribution is -2.59. The van der Waals surface area contributed by atoms with Crippen molar-refractivity contribution in [3.05, 3.63) is 25.3 Å². The summed E-state index contributed by atoms with van der Waals surface area (Å²) in [6, 6.07) is -1.51. The molecule has 0 radical (unpaired) electrons. The molecule has 10 nitrogen and oxygen atoms in total. The summed E-state index contributed by atoms with van der Waals surface area (Å²) < 4.78 is 12.1. The first-order valence-corrected chi connectivity index (χ1v) is 13.3. The topological polar surface area (TPSA) is 103 Å². The zero-order valence-corrected chi connectivity index (χ0v) is 22.4. The number of likely N-dealkylation sites (tertiary alicyclic amines) is 1. The fourth-order valence-corrected chi connectivity index (χ4v) is 6.81. The molecule has 6 atom stereocenters. The van der Waals surface area contributed by atoms with Crippen LogP contribution in [0.5, 0.6) is 0 Å². The van der Waals surface area contributed by atoms with E-state index in [0.29, 0.717) is 52.2 Å². The van der Waals surface area contributed by atoms with E-state index >= 15 is 0 Å². The average molecular weight is 519 g/mol. The zero-order chi connectivity index (χ0) is 27.0. The number of aliphatic hydroxyl groups is 1. The molecular formula is C27H42N4O6. The molecule has 4 aliphatic heterocycles. The van der Waals surface area contributed by atoms with Crippen LogP contribution in [0.3, 0.4) is 0 Å². The fraction of sp³-hybridized carbons (Fsp3) is 0.741. The van der Waals surface area contributed by atoms with Crippen LogP contribution in [0.2, 0.25) is 0 Å². The zero-order valence-electron chi connectivity index (χ0n) is 22.4. The van der Waals surface area contributed by atoms with Gasteiger partial charge in [-0.3, -0.25) is 19.3 Å².